The second kappa shape index (κ2) is 3.73. The van der Waals surface area contributed by atoms with Gasteiger partial charge in [-0.15, -0.1) is 10.2 Å². The summed E-state index contributed by atoms with van der Waals surface area (Å²) in [4.78, 5) is 10.4. The zero-order valence-electron chi connectivity index (χ0n) is 8.80. The molecule has 6 nitrogen and oxygen atoms in total. The molecule has 1 aromatic heterocycles. The minimum absolute atomic E-state index is 0.0331. The molecule has 0 radical (unpaired) electrons. The van der Waals surface area contributed by atoms with Crippen LogP contribution in [0.2, 0.25) is 0 Å². The van der Waals surface area contributed by atoms with Gasteiger partial charge >= 0.3 is 0 Å². The summed E-state index contributed by atoms with van der Waals surface area (Å²) in [7, 11) is 0. The molecule has 0 fully saturated rings. The molecule has 6 heteroatoms. The number of aryl methyl sites for hydroxylation is 2. The second-order valence-corrected chi connectivity index (χ2v) is 3.40. The van der Waals surface area contributed by atoms with Crippen LogP contribution < -0.4 is 0 Å². The Bertz CT molecular complexity index is 548. The number of aromatic nitrogens is 2. The van der Waals surface area contributed by atoms with E-state index in [4.69, 9.17) is 4.42 Å². The number of rotatable bonds is 2. The Morgan fingerprint density at radius 2 is 2.06 bits per heavy atom. The van der Waals surface area contributed by atoms with Crippen LogP contribution in [0.1, 0.15) is 11.5 Å². The Morgan fingerprint density at radius 1 is 1.31 bits per heavy atom. The number of hydrogen-bond acceptors (Lipinski definition) is 5. The lowest BCUT2D eigenvalue weighted by molar-refractivity contribution is -0.384. The number of nitrogens with zero attached hydrogens (tertiary/aromatic N) is 3. The highest BCUT2D eigenvalue weighted by Crippen LogP contribution is 2.29. The van der Waals surface area contributed by atoms with Crippen molar-refractivity contribution >= 4 is 5.69 Å². The highest BCUT2D eigenvalue weighted by Gasteiger charge is 2.19. The Morgan fingerprint density at radius 3 is 2.62 bits per heavy atom. The third kappa shape index (κ3) is 1.77. The summed E-state index contributed by atoms with van der Waals surface area (Å²) in [5.41, 5.74) is 1.22. The monoisotopic (exact) mass is 219 g/mol. The van der Waals surface area contributed by atoms with E-state index in [0.717, 1.165) is 5.56 Å². The van der Waals surface area contributed by atoms with Crippen LogP contribution in [-0.2, 0) is 0 Å². The van der Waals surface area contributed by atoms with Gasteiger partial charge in [-0.2, -0.15) is 0 Å². The maximum atomic E-state index is 10.8. The molecular weight excluding hydrogens is 210 g/mol. The van der Waals surface area contributed by atoms with Gasteiger partial charge in [-0.05, 0) is 18.6 Å². The molecule has 0 aliphatic heterocycles. The van der Waals surface area contributed by atoms with Crippen molar-refractivity contribution in [3.05, 3.63) is 39.8 Å². The first-order chi connectivity index (χ1) is 7.58. The van der Waals surface area contributed by atoms with Crippen LogP contribution in [0.25, 0.3) is 11.5 Å². The minimum Gasteiger partial charge on any atom is -0.421 e. The fourth-order valence-corrected chi connectivity index (χ4v) is 1.39. The molecule has 0 saturated carbocycles. The average Bonchev–Trinajstić information content (AvgIpc) is 2.64. The molecule has 0 aliphatic carbocycles. The van der Waals surface area contributed by atoms with E-state index >= 15 is 0 Å². The van der Waals surface area contributed by atoms with Crippen molar-refractivity contribution in [1.29, 1.82) is 0 Å². The highest BCUT2D eigenvalue weighted by atomic mass is 16.6. The second-order valence-electron chi connectivity index (χ2n) is 3.40. The quantitative estimate of drug-likeness (QED) is 0.571. The van der Waals surface area contributed by atoms with Crippen LogP contribution in [0.15, 0.2) is 22.6 Å². The predicted octanol–water partition coefficient (Wildman–Crippen LogP) is 2.26. The largest absolute Gasteiger partial charge is 0.421 e. The summed E-state index contributed by atoms with van der Waals surface area (Å²) in [6, 6.07) is 4.76. The van der Waals surface area contributed by atoms with Gasteiger partial charge in [0.05, 0.1) is 4.92 Å². The maximum absolute atomic E-state index is 10.8. The number of benzene rings is 1. The molecule has 2 aromatic rings. The molecular formula is C10H9N3O3. The summed E-state index contributed by atoms with van der Waals surface area (Å²) >= 11 is 0. The van der Waals surface area contributed by atoms with Crippen LogP contribution >= 0.6 is 0 Å². The standard InChI is InChI=1S/C10H9N3O3/c1-6-3-4-9(13(14)15)8(5-6)10-12-11-7(2)16-10/h3-5H,1-2H3. The highest BCUT2D eigenvalue weighted by molar-refractivity contribution is 5.67. The van der Waals surface area contributed by atoms with Crippen molar-refractivity contribution in [2.24, 2.45) is 0 Å². The van der Waals surface area contributed by atoms with Crippen LogP contribution in [0.5, 0.6) is 0 Å². The molecule has 0 aliphatic rings. The van der Waals surface area contributed by atoms with Crippen LogP contribution in [0, 0.1) is 24.0 Å². The third-order valence-corrected chi connectivity index (χ3v) is 2.11. The predicted molar refractivity (Wildman–Crippen MR) is 55.9 cm³/mol. The molecule has 1 aromatic carbocycles. The molecule has 1 heterocycles. The van der Waals surface area contributed by atoms with Crippen molar-refractivity contribution in [2.45, 2.75) is 13.8 Å². The van der Waals surface area contributed by atoms with Gasteiger partial charge in [0, 0.05) is 13.0 Å². The minimum atomic E-state index is -0.464. The van der Waals surface area contributed by atoms with Crippen LogP contribution in [0.4, 0.5) is 5.69 Å². The van der Waals surface area contributed by atoms with E-state index in [2.05, 4.69) is 10.2 Å². The maximum Gasteiger partial charge on any atom is 0.282 e. The Labute approximate surface area is 91.1 Å². The van der Waals surface area contributed by atoms with Gasteiger partial charge in [0.15, 0.2) is 0 Å². The fourth-order valence-electron chi connectivity index (χ4n) is 1.39. The van der Waals surface area contributed by atoms with Gasteiger partial charge in [0.25, 0.3) is 11.6 Å². The first kappa shape index (κ1) is 10.3. The van der Waals surface area contributed by atoms with Gasteiger partial charge in [-0.25, -0.2) is 0 Å². The molecule has 0 bridgehead atoms. The zero-order chi connectivity index (χ0) is 11.7. The van der Waals surface area contributed by atoms with Crippen molar-refractivity contribution in [1.82, 2.24) is 10.2 Å². The van der Waals surface area contributed by atoms with Crippen molar-refractivity contribution in [2.75, 3.05) is 0 Å². The van der Waals surface area contributed by atoms with Gasteiger partial charge in [0.1, 0.15) is 5.56 Å². The van der Waals surface area contributed by atoms with Gasteiger partial charge in [-0.3, -0.25) is 10.1 Å². The molecule has 82 valence electrons. The van der Waals surface area contributed by atoms with E-state index in [1.807, 2.05) is 6.92 Å². The summed E-state index contributed by atoms with van der Waals surface area (Å²) < 4.78 is 5.19. The lowest BCUT2D eigenvalue weighted by Crippen LogP contribution is -1.92. The first-order valence-corrected chi connectivity index (χ1v) is 4.63. The van der Waals surface area contributed by atoms with Gasteiger partial charge in [-0.1, -0.05) is 6.07 Å². The lowest BCUT2D eigenvalue weighted by Gasteiger charge is -1.99. The van der Waals surface area contributed by atoms with Crippen molar-refractivity contribution < 1.29 is 9.34 Å². The van der Waals surface area contributed by atoms with E-state index in [1.165, 1.54) is 6.07 Å². The van der Waals surface area contributed by atoms with E-state index in [-0.39, 0.29) is 11.6 Å². The average molecular weight is 219 g/mol. The van der Waals surface area contributed by atoms with E-state index in [1.54, 1.807) is 19.1 Å². The van der Waals surface area contributed by atoms with E-state index in [0.29, 0.717) is 11.5 Å². The van der Waals surface area contributed by atoms with Gasteiger partial charge in [0.2, 0.25) is 5.89 Å². The SMILES string of the molecule is Cc1ccc([N+](=O)[O-])c(-c2nnc(C)o2)c1. The fraction of sp³-hybridized carbons (Fsp3) is 0.200. The molecule has 0 unspecified atom stereocenters. The Kier molecular flexibility index (Phi) is 2.40. The summed E-state index contributed by atoms with van der Waals surface area (Å²) in [5.74, 6) is 0.554. The van der Waals surface area contributed by atoms with Crippen LogP contribution in [-0.4, -0.2) is 15.1 Å². The summed E-state index contributed by atoms with van der Waals surface area (Å²) in [6.07, 6.45) is 0. The Hall–Kier alpha value is -2.24. The van der Waals surface area contributed by atoms with E-state index in [9.17, 15) is 10.1 Å². The Balaban J connectivity index is 2.62. The number of nitro benzene ring substituents is 1. The topological polar surface area (TPSA) is 82.1 Å². The van der Waals surface area contributed by atoms with Gasteiger partial charge < -0.3 is 4.42 Å². The summed E-state index contributed by atoms with van der Waals surface area (Å²) in [5, 5.41) is 18.3. The molecule has 16 heavy (non-hydrogen) atoms. The smallest absolute Gasteiger partial charge is 0.282 e. The molecule has 0 N–H and O–H groups in total. The molecule has 0 spiro atoms. The molecule has 2 rings (SSSR count). The van der Waals surface area contributed by atoms with E-state index < -0.39 is 4.92 Å². The normalized spacial score (nSPS) is 10.4. The zero-order valence-corrected chi connectivity index (χ0v) is 8.80. The van der Waals surface area contributed by atoms with Crippen molar-refractivity contribution in [3.63, 3.8) is 0 Å². The molecule has 0 amide bonds. The first-order valence-electron chi connectivity index (χ1n) is 4.63. The third-order valence-electron chi connectivity index (χ3n) is 2.11. The van der Waals surface area contributed by atoms with Crippen LogP contribution in [0.3, 0.4) is 0 Å². The lowest BCUT2D eigenvalue weighted by atomic mass is 10.1. The number of hydrogen-bond donors (Lipinski definition) is 0. The number of nitro groups is 1. The molecule has 0 atom stereocenters. The summed E-state index contributed by atoms with van der Waals surface area (Å²) in [6.45, 7) is 3.48. The van der Waals surface area contributed by atoms with Crippen molar-refractivity contribution in [3.8, 4) is 11.5 Å². The molecule has 0 saturated heterocycles.